The highest BCUT2D eigenvalue weighted by molar-refractivity contribution is 5.94. The molecule has 5 rings (SSSR count). The van der Waals surface area contributed by atoms with E-state index >= 15 is 0 Å². The predicted molar refractivity (Wildman–Crippen MR) is 101 cm³/mol. The van der Waals surface area contributed by atoms with Crippen molar-refractivity contribution in [2.24, 2.45) is 0 Å². The summed E-state index contributed by atoms with van der Waals surface area (Å²) in [7, 11) is 0. The Balaban J connectivity index is 1.63. The number of imidazole rings is 2. The monoisotopic (exact) mass is 354 g/mol. The Labute approximate surface area is 154 Å². The van der Waals surface area contributed by atoms with Gasteiger partial charge >= 0.3 is 0 Å². The summed E-state index contributed by atoms with van der Waals surface area (Å²) in [5.41, 5.74) is 0.924. The first-order chi connectivity index (χ1) is 13.4. The second-order valence-corrected chi connectivity index (χ2v) is 5.85. The van der Waals surface area contributed by atoms with Gasteiger partial charge in [-0.1, -0.05) is 36.4 Å². The molecule has 5 aromatic rings. The topological polar surface area (TPSA) is 86.3 Å². The summed E-state index contributed by atoms with van der Waals surface area (Å²) in [6, 6.07) is 14.2. The van der Waals surface area contributed by atoms with Gasteiger partial charge in [0.2, 0.25) is 17.8 Å². The van der Waals surface area contributed by atoms with E-state index in [-0.39, 0.29) is 0 Å². The molecule has 0 spiro atoms. The van der Waals surface area contributed by atoms with E-state index in [1.165, 1.54) is 0 Å². The number of nitrogens with zero attached hydrogens (tertiary/aromatic N) is 7. The fourth-order valence-corrected chi connectivity index (χ4v) is 2.85. The standard InChI is InChI=1S/C19H14N8/c1-2-6-15-14(4-1)5-3-7-16(15)22-17-23-18(26-10-8-20-12-26)25-19(24-17)27-11-9-21-13-27/h1-13H,(H,22,23,24,25). The molecule has 0 atom stereocenters. The van der Waals surface area contributed by atoms with Gasteiger partial charge in [0.05, 0.1) is 0 Å². The first kappa shape index (κ1) is 15.2. The van der Waals surface area contributed by atoms with Crippen molar-refractivity contribution in [1.29, 1.82) is 0 Å². The average molecular weight is 354 g/mol. The van der Waals surface area contributed by atoms with Crippen molar-refractivity contribution < 1.29 is 0 Å². The highest BCUT2D eigenvalue weighted by Crippen LogP contribution is 2.25. The van der Waals surface area contributed by atoms with Crippen LogP contribution in [0.25, 0.3) is 22.7 Å². The molecular formula is C19H14N8. The van der Waals surface area contributed by atoms with E-state index < -0.39 is 0 Å². The van der Waals surface area contributed by atoms with Crippen LogP contribution in [-0.2, 0) is 0 Å². The van der Waals surface area contributed by atoms with Gasteiger partial charge < -0.3 is 5.32 Å². The smallest absolute Gasteiger partial charge is 0.241 e. The summed E-state index contributed by atoms with van der Waals surface area (Å²) in [4.78, 5) is 21.7. The molecule has 0 saturated heterocycles. The van der Waals surface area contributed by atoms with Gasteiger partial charge in [-0.2, -0.15) is 15.0 Å². The Hall–Kier alpha value is -4.07. The van der Waals surface area contributed by atoms with Crippen molar-refractivity contribution in [3.8, 4) is 11.9 Å². The maximum atomic E-state index is 4.54. The van der Waals surface area contributed by atoms with Gasteiger partial charge in [-0.25, -0.2) is 9.97 Å². The van der Waals surface area contributed by atoms with Crippen LogP contribution in [0.4, 0.5) is 11.6 Å². The Bertz CT molecular complexity index is 1140. The van der Waals surface area contributed by atoms with E-state index in [1.807, 2.05) is 24.3 Å². The van der Waals surface area contributed by atoms with E-state index in [4.69, 9.17) is 0 Å². The van der Waals surface area contributed by atoms with Crippen LogP contribution in [0.3, 0.4) is 0 Å². The third-order valence-electron chi connectivity index (χ3n) is 4.12. The lowest BCUT2D eigenvalue weighted by molar-refractivity contribution is 0.842. The number of fused-ring (bicyclic) bond motifs is 1. The summed E-state index contributed by atoms with van der Waals surface area (Å²) >= 11 is 0. The molecule has 27 heavy (non-hydrogen) atoms. The molecule has 0 saturated carbocycles. The molecule has 0 radical (unpaired) electrons. The summed E-state index contributed by atoms with van der Waals surface area (Å²) < 4.78 is 3.47. The highest BCUT2D eigenvalue weighted by atomic mass is 15.3. The largest absolute Gasteiger partial charge is 0.323 e. The van der Waals surface area contributed by atoms with Crippen LogP contribution >= 0.6 is 0 Å². The van der Waals surface area contributed by atoms with Crippen LogP contribution < -0.4 is 5.32 Å². The van der Waals surface area contributed by atoms with Gasteiger partial charge in [0.25, 0.3) is 0 Å². The maximum absolute atomic E-state index is 4.54. The fraction of sp³-hybridized carbons (Fsp3) is 0. The van der Waals surface area contributed by atoms with Crippen molar-refractivity contribution in [2.75, 3.05) is 5.32 Å². The molecule has 8 heteroatoms. The molecule has 0 aliphatic heterocycles. The molecule has 0 amide bonds. The Kier molecular flexibility index (Phi) is 3.57. The number of aromatic nitrogens is 7. The minimum Gasteiger partial charge on any atom is -0.323 e. The van der Waals surface area contributed by atoms with Crippen LogP contribution in [0.5, 0.6) is 0 Å². The number of rotatable bonds is 4. The minimum absolute atomic E-state index is 0.439. The van der Waals surface area contributed by atoms with Crippen molar-refractivity contribution in [3.05, 3.63) is 79.9 Å². The third-order valence-corrected chi connectivity index (χ3v) is 4.12. The molecule has 1 N–H and O–H groups in total. The number of hydrogen-bond acceptors (Lipinski definition) is 6. The van der Waals surface area contributed by atoms with Crippen LogP contribution in [0.15, 0.2) is 79.9 Å². The van der Waals surface area contributed by atoms with Gasteiger partial charge in [0.1, 0.15) is 12.7 Å². The first-order valence-electron chi connectivity index (χ1n) is 8.34. The van der Waals surface area contributed by atoms with E-state index in [0.717, 1.165) is 16.5 Å². The minimum atomic E-state index is 0.439. The predicted octanol–water partition coefficient (Wildman–Crippen LogP) is 3.14. The SMILES string of the molecule is c1ccc2c(Nc3nc(-n4ccnc4)nc(-n4ccnc4)n3)cccc2c1. The van der Waals surface area contributed by atoms with Crippen LogP contribution in [0.2, 0.25) is 0 Å². The van der Waals surface area contributed by atoms with Gasteiger partial charge in [-0.05, 0) is 11.5 Å². The average Bonchev–Trinajstić information content (AvgIpc) is 3.42. The molecule has 0 bridgehead atoms. The van der Waals surface area contributed by atoms with Crippen molar-refractivity contribution in [2.45, 2.75) is 0 Å². The van der Waals surface area contributed by atoms with Gasteiger partial charge in [-0.15, -0.1) is 0 Å². The van der Waals surface area contributed by atoms with E-state index in [9.17, 15) is 0 Å². The fourth-order valence-electron chi connectivity index (χ4n) is 2.85. The summed E-state index contributed by atoms with van der Waals surface area (Å²) in [6.07, 6.45) is 10.2. The molecule has 0 unspecified atom stereocenters. The lowest BCUT2D eigenvalue weighted by Crippen LogP contribution is -2.10. The third kappa shape index (κ3) is 2.89. The number of nitrogens with one attached hydrogen (secondary N) is 1. The molecule has 0 aliphatic rings. The molecule has 0 fully saturated rings. The second kappa shape index (κ2) is 6.34. The molecule has 2 aromatic carbocycles. The van der Waals surface area contributed by atoms with Crippen LogP contribution in [-0.4, -0.2) is 34.1 Å². The molecule has 3 heterocycles. The number of benzene rings is 2. The summed E-state index contributed by atoms with van der Waals surface area (Å²) in [5, 5.41) is 5.55. The lowest BCUT2D eigenvalue weighted by Gasteiger charge is -2.11. The highest BCUT2D eigenvalue weighted by Gasteiger charge is 2.11. The van der Waals surface area contributed by atoms with Crippen molar-refractivity contribution >= 4 is 22.4 Å². The Morgan fingerprint density at radius 1 is 0.704 bits per heavy atom. The van der Waals surface area contributed by atoms with Gasteiger partial charge in [0, 0.05) is 35.9 Å². The molecule has 3 aromatic heterocycles. The maximum Gasteiger partial charge on any atom is 0.241 e. The quantitative estimate of drug-likeness (QED) is 0.534. The number of anilines is 2. The van der Waals surface area contributed by atoms with E-state index in [0.29, 0.717) is 17.8 Å². The first-order valence-corrected chi connectivity index (χ1v) is 8.34. The molecule has 130 valence electrons. The van der Waals surface area contributed by atoms with Crippen LogP contribution in [0.1, 0.15) is 0 Å². The van der Waals surface area contributed by atoms with Gasteiger partial charge in [0.15, 0.2) is 0 Å². The van der Waals surface area contributed by atoms with Gasteiger partial charge in [-0.3, -0.25) is 9.13 Å². The van der Waals surface area contributed by atoms with Crippen molar-refractivity contribution in [1.82, 2.24) is 34.1 Å². The molecule has 0 aliphatic carbocycles. The molecular weight excluding hydrogens is 340 g/mol. The zero-order chi connectivity index (χ0) is 18.1. The lowest BCUT2D eigenvalue weighted by atomic mass is 10.1. The van der Waals surface area contributed by atoms with Crippen molar-refractivity contribution in [3.63, 3.8) is 0 Å². The van der Waals surface area contributed by atoms with Crippen LogP contribution in [0, 0.1) is 0 Å². The zero-order valence-corrected chi connectivity index (χ0v) is 14.1. The van der Waals surface area contributed by atoms with E-state index in [2.05, 4.69) is 48.4 Å². The Morgan fingerprint density at radius 2 is 1.37 bits per heavy atom. The zero-order valence-electron chi connectivity index (χ0n) is 14.1. The summed E-state index contributed by atoms with van der Waals surface area (Å²) in [6.45, 7) is 0. The normalized spacial score (nSPS) is 11.0. The molecule has 8 nitrogen and oxygen atoms in total. The second-order valence-electron chi connectivity index (χ2n) is 5.85. The number of hydrogen-bond donors (Lipinski definition) is 1. The Morgan fingerprint density at radius 3 is 2.04 bits per heavy atom. The van der Waals surface area contributed by atoms with E-state index in [1.54, 1.807) is 46.6 Å². The summed E-state index contributed by atoms with van der Waals surface area (Å²) in [5.74, 6) is 1.37.